The van der Waals surface area contributed by atoms with E-state index in [1.54, 1.807) is 0 Å². The Morgan fingerprint density at radius 3 is 1.62 bits per heavy atom. The Morgan fingerprint density at radius 1 is 0.708 bits per heavy atom. The predicted octanol–water partition coefficient (Wildman–Crippen LogP) is 8.54. The summed E-state index contributed by atoms with van der Waals surface area (Å²) in [7, 11) is 0. The molecule has 2 unspecified atom stereocenters. The van der Waals surface area contributed by atoms with Crippen molar-refractivity contribution in [3.8, 4) is 0 Å². The molecular weight excluding hydrogens is 288 g/mol. The first-order valence-electron chi connectivity index (χ1n) is 11.7. The maximum absolute atomic E-state index is 2.69. The smallest absolute Gasteiger partial charge is 0.0272 e. The van der Waals surface area contributed by atoms with Crippen molar-refractivity contribution >= 4 is 0 Å². The molecule has 0 radical (unpaired) electrons. The van der Waals surface area contributed by atoms with Gasteiger partial charge in [-0.25, -0.2) is 0 Å². The maximum atomic E-state index is 2.69. The van der Waals surface area contributed by atoms with Gasteiger partial charge in [0.05, 0.1) is 0 Å². The van der Waals surface area contributed by atoms with Crippen molar-refractivity contribution in [1.82, 2.24) is 0 Å². The summed E-state index contributed by atoms with van der Waals surface area (Å²) < 4.78 is 0. The summed E-state index contributed by atoms with van der Waals surface area (Å²) in [5.41, 5.74) is 0.606. The topological polar surface area (TPSA) is 0 Å². The molecule has 0 saturated heterocycles. The van der Waals surface area contributed by atoms with Crippen LogP contribution in [0.25, 0.3) is 0 Å². The third kappa shape index (κ3) is 5.77. The molecule has 142 valence electrons. The van der Waals surface area contributed by atoms with Crippen molar-refractivity contribution in [1.29, 1.82) is 0 Å². The van der Waals surface area contributed by atoms with Crippen LogP contribution < -0.4 is 0 Å². The Hall–Kier alpha value is 0. The molecule has 2 atom stereocenters. The van der Waals surface area contributed by atoms with E-state index < -0.39 is 0 Å². The molecule has 0 aromatic rings. The van der Waals surface area contributed by atoms with Gasteiger partial charge in [-0.15, -0.1) is 0 Å². The zero-order chi connectivity index (χ0) is 17.3. The minimum Gasteiger partial charge on any atom is -0.0651 e. The summed E-state index contributed by atoms with van der Waals surface area (Å²) in [6.07, 6.45) is 25.5. The van der Waals surface area contributed by atoms with Crippen LogP contribution in [-0.2, 0) is 0 Å². The Labute approximate surface area is 153 Å². The Morgan fingerprint density at radius 2 is 1.17 bits per heavy atom. The van der Waals surface area contributed by atoms with Crippen LogP contribution >= 0.6 is 0 Å². The highest BCUT2D eigenvalue weighted by atomic mass is 14.4. The van der Waals surface area contributed by atoms with E-state index in [0.717, 1.165) is 17.8 Å². The molecule has 0 aromatic heterocycles. The van der Waals surface area contributed by atoms with E-state index in [0.29, 0.717) is 5.41 Å². The lowest BCUT2D eigenvalue weighted by atomic mass is 9.60. The lowest BCUT2D eigenvalue weighted by Crippen LogP contribution is -2.36. The summed E-state index contributed by atoms with van der Waals surface area (Å²) in [5, 5.41) is 0. The van der Waals surface area contributed by atoms with Crippen molar-refractivity contribution in [3.63, 3.8) is 0 Å². The van der Waals surface area contributed by atoms with Gasteiger partial charge >= 0.3 is 0 Å². The summed E-state index contributed by atoms with van der Waals surface area (Å²) in [6, 6.07) is 0. The lowest BCUT2D eigenvalue weighted by Gasteiger charge is -2.46. The second kappa shape index (κ2) is 10.9. The third-order valence-electron chi connectivity index (χ3n) is 8.07. The van der Waals surface area contributed by atoms with Gasteiger partial charge in [0.15, 0.2) is 0 Å². The Bertz CT molecular complexity index is 304. The van der Waals surface area contributed by atoms with E-state index in [1.165, 1.54) is 109 Å². The summed E-state index contributed by atoms with van der Waals surface area (Å²) in [4.78, 5) is 0. The fourth-order valence-corrected chi connectivity index (χ4v) is 6.11. The SMILES string of the molecule is CCC(CC1CCCCCCC1)C(C)(CC)C1CCCCCCC1. The largest absolute Gasteiger partial charge is 0.0651 e. The number of rotatable bonds is 6. The molecule has 0 N–H and O–H groups in total. The van der Waals surface area contributed by atoms with Crippen LogP contribution in [0.5, 0.6) is 0 Å². The van der Waals surface area contributed by atoms with Crippen LogP contribution in [0, 0.1) is 23.2 Å². The minimum atomic E-state index is 0.606. The van der Waals surface area contributed by atoms with E-state index in [4.69, 9.17) is 0 Å². The van der Waals surface area contributed by atoms with E-state index in [9.17, 15) is 0 Å². The normalized spacial score (nSPS) is 26.6. The molecule has 0 aromatic carbocycles. The third-order valence-corrected chi connectivity index (χ3v) is 8.07. The molecule has 0 nitrogen and oxygen atoms in total. The van der Waals surface area contributed by atoms with Gasteiger partial charge in [-0.05, 0) is 42.4 Å². The van der Waals surface area contributed by atoms with Gasteiger partial charge in [0, 0.05) is 0 Å². The van der Waals surface area contributed by atoms with Crippen molar-refractivity contribution in [2.45, 2.75) is 130 Å². The number of hydrogen-bond acceptors (Lipinski definition) is 0. The zero-order valence-corrected chi connectivity index (χ0v) is 17.3. The fraction of sp³-hybridized carbons (Fsp3) is 1.00. The molecule has 24 heavy (non-hydrogen) atoms. The first-order valence-corrected chi connectivity index (χ1v) is 11.7. The van der Waals surface area contributed by atoms with Crippen LogP contribution in [0.4, 0.5) is 0 Å². The fourth-order valence-electron chi connectivity index (χ4n) is 6.11. The van der Waals surface area contributed by atoms with E-state index in [2.05, 4.69) is 20.8 Å². The molecule has 2 saturated carbocycles. The standard InChI is InChI=1S/C24H46/c1-4-22(20-21-16-12-8-6-9-13-17-21)24(3,5-2)23-18-14-10-7-11-15-19-23/h21-23H,4-20H2,1-3H3. The predicted molar refractivity (Wildman–Crippen MR) is 108 cm³/mol. The van der Waals surface area contributed by atoms with Gasteiger partial charge in [0.25, 0.3) is 0 Å². The van der Waals surface area contributed by atoms with E-state index in [1.807, 2.05) is 0 Å². The van der Waals surface area contributed by atoms with Crippen LogP contribution in [-0.4, -0.2) is 0 Å². The quantitative estimate of drug-likeness (QED) is 0.456. The molecule has 2 fully saturated rings. The highest BCUT2D eigenvalue weighted by molar-refractivity contribution is 4.89. The highest BCUT2D eigenvalue weighted by Crippen LogP contribution is 2.49. The van der Waals surface area contributed by atoms with Gasteiger partial charge in [0.1, 0.15) is 0 Å². The minimum absolute atomic E-state index is 0.606. The van der Waals surface area contributed by atoms with Gasteiger partial charge < -0.3 is 0 Å². The van der Waals surface area contributed by atoms with Gasteiger partial charge in [-0.3, -0.25) is 0 Å². The van der Waals surface area contributed by atoms with Crippen molar-refractivity contribution in [3.05, 3.63) is 0 Å². The van der Waals surface area contributed by atoms with Crippen LogP contribution in [0.2, 0.25) is 0 Å². The second-order valence-electron chi connectivity index (χ2n) is 9.45. The average molecular weight is 335 g/mol. The van der Waals surface area contributed by atoms with Crippen LogP contribution in [0.15, 0.2) is 0 Å². The molecule has 0 heterocycles. The number of hydrogen-bond donors (Lipinski definition) is 0. The molecule has 0 aliphatic heterocycles. The van der Waals surface area contributed by atoms with Gasteiger partial charge in [-0.1, -0.05) is 111 Å². The van der Waals surface area contributed by atoms with Crippen LogP contribution in [0.1, 0.15) is 130 Å². The zero-order valence-electron chi connectivity index (χ0n) is 17.3. The molecule has 0 amide bonds. The molecule has 0 spiro atoms. The average Bonchev–Trinajstić information content (AvgIpc) is 2.53. The van der Waals surface area contributed by atoms with Crippen LogP contribution in [0.3, 0.4) is 0 Å². The first-order chi connectivity index (χ1) is 11.7. The van der Waals surface area contributed by atoms with Crippen molar-refractivity contribution < 1.29 is 0 Å². The lowest BCUT2D eigenvalue weighted by molar-refractivity contribution is 0.0439. The monoisotopic (exact) mass is 334 g/mol. The Balaban J connectivity index is 2.02. The molecule has 0 bridgehead atoms. The summed E-state index contributed by atoms with van der Waals surface area (Å²) in [6.45, 7) is 7.68. The van der Waals surface area contributed by atoms with Crippen molar-refractivity contribution in [2.75, 3.05) is 0 Å². The van der Waals surface area contributed by atoms with Crippen molar-refractivity contribution in [2.24, 2.45) is 23.2 Å². The molecule has 2 rings (SSSR count). The maximum Gasteiger partial charge on any atom is -0.0272 e. The van der Waals surface area contributed by atoms with Gasteiger partial charge in [-0.2, -0.15) is 0 Å². The highest BCUT2D eigenvalue weighted by Gasteiger charge is 2.39. The van der Waals surface area contributed by atoms with E-state index in [-0.39, 0.29) is 0 Å². The summed E-state index contributed by atoms with van der Waals surface area (Å²) >= 11 is 0. The molecule has 0 heteroatoms. The molecule has 2 aliphatic rings. The molecule has 2 aliphatic carbocycles. The Kier molecular flexibility index (Phi) is 9.20. The van der Waals surface area contributed by atoms with Gasteiger partial charge in [0.2, 0.25) is 0 Å². The summed E-state index contributed by atoms with van der Waals surface area (Å²) in [5.74, 6) is 3.01. The first kappa shape index (κ1) is 20.3. The second-order valence-corrected chi connectivity index (χ2v) is 9.45. The van der Waals surface area contributed by atoms with E-state index >= 15 is 0 Å². The molecular formula is C24H46.